The number of carbonyl (C=O) groups excluding carboxylic acids is 1. The molecule has 3 heterocycles. The average Bonchev–Trinajstić information content (AvgIpc) is 2.98. The molecule has 1 fully saturated rings. The Bertz CT molecular complexity index is 985. The largest absolute Gasteiger partial charge is 0.365 e. The molecular weight excluding hydrogens is 338 g/mol. The average molecular weight is 363 g/mol. The minimum atomic E-state index is -0.426. The number of hydrogen-bond donors (Lipinski definition) is 2. The van der Waals surface area contributed by atoms with Gasteiger partial charge in [0.25, 0.3) is 5.91 Å². The number of benzene rings is 1. The molecule has 6 heteroatoms. The Hall–Kier alpha value is -2.86. The van der Waals surface area contributed by atoms with Crippen LogP contribution in [0.4, 0.5) is 5.82 Å². The lowest BCUT2D eigenvalue weighted by atomic mass is 10.1. The summed E-state index contributed by atoms with van der Waals surface area (Å²) < 4.78 is 0. The number of H-pyrrole nitrogens is 1. The number of nitrogens with zero attached hydrogens (tertiary/aromatic N) is 3. The Morgan fingerprint density at radius 2 is 1.96 bits per heavy atom. The molecule has 27 heavy (non-hydrogen) atoms. The number of anilines is 1. The van der Waals surface area contributed by atoms with E-state index < -0.39 is 5.91 Å². The number of fused-ring (bicyclic) bond motifs is 1. The quantitative estimate of drug-likeness (QED) is 0.747. The Kier molecular flexibility index (Phi) is 4.58. The number of nitrogens with one attached hydrogen (secondary N) is 1. The third-order valence-electron chi connectivity index (χ3n) is 5.42. The molecule has 3 aromatic rings. The number of aryl methyl sites for hydroxylation is 2. The zero-order valence-electron chi connectivity index (χ0n) is 15.8. The smallest absolute Gasteiger partial charge is 0.252 e. The van der Waals surface area contributed by atoms with Crippen LogP contribution in [-0.4, -0.2) is 47.0 Å². The van der Waals surface area contributed by atoms with Crippen LogP contribution in [-0.2, 0) is 6.54 Å². The van der Waals surface area contributed by atoms with E-state index in [0.29, 0.717) is 11.4 Å². The van der Waals surface area contributed by atoms with Crippen molar-refractivity contribution in [1.29, 1.82) is 0 Å². The van der Waals surface area contributed by atoms with Gasteiger partial charge in [-0.05, 0) is 43.7 Å². The van der Waals surface area contributed by atoms with Gasteiger partial charge in [0.15, 0.2) is 0 Å². The van der Waals surface area contributed by atoms with Crippen molar-refractivity contribution in [3.05, 3.63) is 58.9 Å². The first-order chi connectivity index (χ1) is 13.0. The van der Waals surface area contributed by atoms with E-state index >= 15 is 0 Å². The molecule has 2 aromatic heterocycles. The summed E-state index contributed by atoms with van der Waals surface area (Å²) in [6, 6.07) is 10.0. The lowest BCUT2D eigenvalue weighted by Gasteiger charge is -2.35. The number of primary amides is 1. The van der Waals surface area contributed by atoms with Crippen LogP contribution in [0.5, 0.6) is 0 Å². The summed E-state index contributed by atoms with van der Waals surface area (Å²) in [6.45, 7) is 8.72. The lowest BCUT2D eigenvalue weighted by molar-refractivity contribution is 0.1000. The maximum absolute atomic E-state index is 11.7. The van der Waals surface area contributed by atoms with Crippen LogP contribution in [0.3, 0.4) is 0 Å². The number of nitrogens with two attached hydrogens (primary N) is 1. The Labute approximate surface area is 159 Å². The molecule has 0 aliphatic carbocycles. The number of aromatic nitrogens is 2. The van der Waals surface area contributed by atoms with Crippen molar-refractivity contribution >= 4 is 22.6 Å². The van der Waals surface area contributed by atoms with Crippen LogP contribution in [0.2, 0.25) is 0 Å². The number of amides is 1. The normalized spacial score (nSPS) is 15.4. The second-order valence-corrected chi connectivity index (χ2v) is 7.28. The highest BCUT2D eigenvalue weighted by atomic mass is 16.1. The molecule has 0 unspecified atom stereocenters. The molecule has 4 rings (SSSR count). The molecule has 0 saturated carbocycles. The molecule has 1 aromatic carbocycles. The van der Waals surface area contributed by atoms with E-state index in [1.807, 2.05) is 0 Å². The van der Waals surface area contributed by atoms with E-state index in [9.17, 15) is 4.79 Å². The molecule has 140 valence electrons. The second-order valence-electron chi connectivity index (χ2n) is 7.28. The van der Waals surface area contributed by atoms with Crippen LogP contribution in [0.25, 0.3) is 10.9 Å². The summed E-state index contributed by atoms with van der Waals surface area (Å²) in [5.41, 5.74) is 11.1. The fourth-order valence-corrected chi connectivity index (χ4v) is 3.84. The number of pyridine rings is 1. The van der Waals surface area contributed by atoms with Gasteiger partial charge >= 0.3 is 0 Å². The molecule has 0 radical (unpaired) electrons. The summed E-state index contributed by atoms with van der Waals surface area (Å²) >= 11 is 0. The molecular formula is C21H25N5O. The molecule has 1 aliphatic heterocycles. The van der Waals surface area contributed by atoms with Crippen LogP contribution in [0.1, 0.15) is 27.2 Å². The van der Waals surface area contributed by atoms with Gasteiger partial charge in [-0.15, -0.1) is 0 Å². The van der Waals surface area contributed by atoms with Crippen LogP contribution in [0, 0.1) is 13.8 Å². The number of rotatable bonds is 4. The Morgan fingerprint density at radius 1 is 1.19 bits per heavy atom. The fourth-order valence-electron chi connectivity index (χ4n) is 3.84. The fraction of sp³-hybridized carbons (Fsp3) is 0.333. The van der Waals surface area contributed by atoms with Gasteiger partial charge < -0.3 is 15.6 Å². The highest BCUT2D eigenvalue weighted by Gasteiger charge is 2.22. The van der Waals surface area contributed by atoms with Gasteiger partial charge in [-0.1, -0.05) is 11.6 Å². The highest BCUT2D eigenvalue weighted by molar-refractivity contribution is 5.97. The summed E-state index contributed by atoms with van der Waals surface area (Å²) in [4.78, 5) is 24.2. The Balaban J connectivity index is 1.46. The van der Waals surface area contributed by atoms with Gasteiger partial charge in [-0.2, -0.15) is 0 Å². The van der Waals surface area contributed by atoms with E-state index in [1.54, 1.807) is 18.3 Å². The first kappa shape index (κ1) is 17.5. The van der Waals surface area contributed by atoms with E-state index in [0.717, 1.165) is 32.7 Å². The standard InChI is InChI=1S/C21H25N5O/c1-14-5-6-18-17(12-14)15(2)19(24-18)13-25-8-10-26(11-9-25)21-16(20(22)27)4-3-7-23-21/h3-7,12,24H,8-11,13H2,1-2H3,(H2,22,27). The summed E-state index contributed by atoms with van der Waals surface area (Å²) in [5.74, 6) is 0.270. The summed E-state index contributed by atoms with van der Waals surface area (Å²) in [7, 11) is 0. The van der Waals surface area contributed by atoms with E-state index in [-0.39, 0.29) is 0 Å². The summed E-state index contributed by atoms with van der Waals surface area (Å²) in [5, 5.41) is 1.31. The predicted molar refractivity (Wildman–Crippen MR) is 108 cm³/mol. The SMILES string of the molecule is Cc1ccc2[nH]c(CN3CCN(c4ncccc4C(N)=O)CC3)c(C)c2c1. The first-order valence-electron chi connectivity index (χ1n) is 9.33. The van der Waals surface area contributed by atoms with Gasteiger partial charge in [0.05, 0.1) is 5.56 Å². The zero-order valence-corrected chi connectivity index (χ0v) is 15.8. The maximum atomic E-state index is 11.7. The predicted octanol–water partition coefficient (Wildman–Crippen LogP) is 2.60. The topological polar surface area (TPSA) is 78.2 Å². The molecule has 6 nitrogen and oxygen atoms in total. The molecule has 1 amide bonds. The van der Waals surface area contributed by atoms with Crippen LogP contribution < -0.4 is 10.6 Å². The van der Waals surface area contributed by atoms with Crippen molar-refractivity contribution in [2.45, 2.75) is 20.4 Å². The Morgan fingerprint density at radius 3 is 2.70 bits per heavy atom. The van der Waals surface area contributed by atoms with Crippen molar-refractivity contribution in [2.75, 3.05) is 31.1 Å². The minimum absolute atomic E-state index is 0.426. The van der Waals surface area contributed by atoms with Crippen molar-refractivity contribution in [3.8, 4) is 0 Å². The molecule has 0 bridgehead atoms. The van der Waals surface area contributed by atoms with E-state index in [1.165, 1.54) is 27.7 Å². The van der Waals surface area contributed by atoms with Gasteiger partial charge in [0.2, 0.25) is 0 Å². The van der Waals surface area contributed by atoms with Crippen molar-refractivity contribution in [3.63, 3.8) is 0 Å². The van der Waals surface area contributed by atoms with Crippen molar-refractivity contribution < 1.29 is 4.79 Å². The van der Waals surface area contributed by atoms with E-state index in [4.69, 9.17) is 5.73 Å². The molecule has 1 saturated heterocycles. The van der Waals surface area contributed by atoms with Gasteiger partial charge in [-0.25, -0.2) is 4.98 Å². The first-order valence-corrected chi connectivity index (χ1v) is 9.33. The monoisotopic (exact) mass is 363 g/mol. The number of aromatic amines is 1. The highest BCUT2D eigenvalue weighted by Crippen LogP contribution is 2.25. The molecule has 1 aliphatic rings. The van der Waals surface area contributed by atoms with Gasteiger partial charge in [0, 0.05) is 55.5 Å². The maximum Gasteiger partial charge on any atom is 0.252 e. The second kappa shape index (κ2) is 7.04. The van der Waals surface area contributed by atoms with Crippen LogP contribution in [0.15, 0.2) is 36.5 Å². The molecule has 0 atom stereocenters. The van der Waals surface area contributed by atoms with Crippen molar-refractivity contribution in [2.24, 2.45) is 5.73 Å². The lowest BCUT2D eigenvalue weighted by Crippen LogP contribution is -2.47. The molecule has 0 spiro atoms. The zero-order chi connectivity index (χ0) is 19.0. The molecule has 3 N–H and O–H groups in total. The number of piperazine rings is 1. The minimum Gasteiger partial charge on any atom is -0.365 e. The summed E-state index contributed by atoms with van der Waals surface area (Å²) in [6.07, 6.45) is 1.71. The van der Waals surface area contributed by atoms with Crippen molar-refractivity contribution in [1.82, 2.24) is 14.9 Å². The van der Waals surface area contributed by atoms with Crippen LogP contribution >= 0.6 is 0 Å². The van der Waals surface area contributed by atoms with E-state index in [2.05, 4.69) is 51.8 Å². The number of carbonyl (C=O) groups is 1. The third kappa shape index (κ3) is 3.40. The van der Waals surface area contributed by atoms with Gasteiger partial charge in [-0.3, -0.25) is 9.69 Å². The van der Waals surface area contributed by atoms with Gasteiger partial charge in [0.1, 0.15) is 5.82 Å². The number of hydrogen-bond acceptors (Lipinski definition) is 4. The third-order valence-corrected chi connectivity index (χ3v) is 5.42.